The summed E-state index contributed by atoms with van der Waals surface area (Å²) in [5, 5.41) is 10.3. The second-order valence-electron chi connectivity index (χ2n) is 5.57. The van der Waals surface area contributed by atoms with Crippen LogP contribution in [-0.4, -0.2) is 40.4 Å². The third kappa shape index (κ3) is 3.90. The lowest BCUT2D eigenvalue weighted by Gasteiger charge is -2.20. The van der Waals surface area contributed by atoms with Crippen LogP contribution < -0.4 is 18.9 Å². The van der Waals surface area contributed by atoms with Crippen molar-refractivity contribution < 1.29 is 32.1 Å². The van der Waals surface area contributed by atoms with Crippen molar-refractivity contribution in [3.63, 3.8) is 0 Å². The molecule has 2 N–H and O–H groups in total. The van der Waals surface area contributed by atoms with Gasteiger partial charge in [-0.25, -0.2) is 17.5 Å². The van der Waals surface area contributed by atoms with Crippen molar-refractivity contribution in [2.24, 2.45) is 0 Å². The number of sulfonamides is 1. The minimum atomic E-state index is -4.08. The molecule has 0 fully saturated rings. The second-order valence-corrected chi connectivity index (χ2v) is 7.30. The van der Waals surface area contributed by atoms with Crippen LogP contribution in [0, 0.1) is 5.82 Å². The molecule has 1 heterocycles. The largest absolute Gasteiger partial charge is 0.495 e. The van der Waals surface area contributed by atoms with Gasteiger partial charge in [-0.2, -0.15) is 0 Å². The van der Waals surface area contributed by atoms with Gasteiger partial charge in [0, 0.05) is 6.54 Å². The molecule has 0 unspecified atom stereocenters. The van der Waals surface area contributed by atoms with Gasteiger partial charge in [0.25, 0.3) is 0 Å². The van der Waals surface area contributed by atoms with E-state index in [1.807, 2.05) is 0 Å². The molecule has 1 aliphatic heterocycles. The molecule has 0 aliphatic carbocycles. The van der Waals surface area contributed by atoms with Crippen LogP contribution in [0.3, 0.4) is 0 Å². The third-order valence-electron chi connectivity index (χ3n) is 3.83. The predicted molar refractivity (Wildman–Crippen MR) is 90.5 cm³/mol. The Morgan fingerprint density at radius 2 is 1.92 bits per heavy atom. The Morgan fingerprint density at radius 3 is 2.65 bits per heavy atom. The third-order valence-corrected chi connectivity index (χ3v) is 5.28. The number of aliphatic hydroxyl groups excluding tert-OH is 1. The number of ether oxygens (including phenoxy) is 3. The van der Waals surface area contributed by atoms with E-state index in [4.69, 9.17) is 14.2 Å². The number of hydrogen-bond donors (Lipinski definition) is 2. The molecule has 0 radical (unpaired) electrons. The molecule has 2 aromatic carbocycles. The first-order chi connectivity index (χ1) is 12.4. The lowest BCUT2D eigenvalue weighted by atomic mass is 10.1. The van der Waals surface area contributed by atoms with E-state index in [1.54, 1.807) is 18.2 Å². The molecule has 26 heavy (non-hydrogen) atoms. The zero-order valence-corrected chi connectivity index (χ0v) is 14.8. The highest BCUT2D eigenvalue weighted by Crippen LogP contribution is 2.32. The summed E-state index contributed by atoms with van der Waals surface area (Å²) in [7, 11) is -2.79. The highest BCUT2D eigenvalue weighted by Gasteiger charge is 2.22. The first kappa shape index (κ1) is 18.4. The van der Waals surface area contributed by atoms with Gasteiger partial charge in [-0.3, -0.25) is 0 Å². The summed E-state index contributed by atoms with van der Waals surface area (Å²) in [5.74, 6) is 0.353. The first-order valence-corrected chi connectivity index (χ1v) is 9.30. The van der Waals surface area contributed by atoms with Crippen LogP contribution >= 0.6 is 0 Å². The Bertz CT molecular complexity index is 902. The maximum Gasteiger partial charge on any atom is 0.244 e. The summed E-state index contributed by atoms with van der Waals surface area (Å²) in [6.07, 6.45) is -1.12. The van der Waals surface area contributed by atoms with E-state index in [2.05, 4.69) is 4.72 Å². The predicted octanol–water partition coefficient (Wildman–Crippen LogP) is 1.62. The average Bonchev–Trinajstić information content (AvgIpc) is 2.65. The Labute approximate surface area is 150 Å². The first-order valence-electron chi connectivity index (χ1n) is 7.81. The Kier molecular flexibility index (Phi) is 5.30. The van der Waals surface area contributed by atoms with Gasteiger partial charge in [-0.15, -0.1) is 0 Å². The highest BCUT2D eigenvalue weighted by atomic mass is 32.2. The van der Waals surface area contributed by atoms with Crippen LogP contribution in [-0.2, 0) is 10.0 Å². The van der Waals surface area contributed by atoms with Crippen molar-refractivity contribution in [3.05, 3.63) is 47.8 Å². The maximum absolute atomic E-state index is 13.4. The minimum absolute atomic E-state index is 0.00715. The molecule has 3 rings (SSSR count). The average molecular weight is 383 g/mol. The smallest absolute Gasteiger partial charge is 0.244 e. The van der Waals surface area contributed by atoms with Crippen molar-refractivity contribution in [2.45, 2.75) is 11.0 Å². The summed E-state index contributed by atoms with van der Waals surface area (Å²) >= 11 is 0. The number of benzene rings is 2. The minimum Gasteiger partial charge on any atom is -0.495 e. The summed E-state index contributed by atoms with van der Waals surface area (Å²) in [5.41, 5.74) is 0.461. The van der Waals surface area contributed by atoms with Crippen LogP contribution in [0.2, 0.25) is 0 Å². The van der Waals surface area contributed by atoms with E-state index in [1.165, 1.54) is 13.2 Å². The van der Waals surface area contributed by atoms with Gasteiger partial charge >= 0.3 is 0 Å². The van der Waals surface area contributed by atoms with Gasteiger partial charge in [0.2, 0.25) is 10.0 Å². The quantitative estimate of drug-likeness (QED) is 0.787. The van der Waals surface area contributed by atoms with Crippen molar-refractivity contribution in [1.82, 2.24) is 4.72 Å². The van der Waals surface area contributed by atoms with E-state index >= 15 is 0 Å². The topological polar surface area (TPSA) is 94.1 Å². The molecule has 1 atom stereocenters. The van der Waals surface area contributed by atoms with Gasteiger partial charge in [0.1, 0.15) is 29.7 Å². The lowest BCUT2D eigenvalue weighted by Crippen LogP contribution is -2.29. The van der Waals surface area contributed by atoms with Crippen molar-refractivity contribution in [3.8, 4) is 17.2 Å². The molecular weight excluding hydrogens is 365 g/mol. The summed E-state index contributed by atoms with van der Waals surface area (Å²) in [4.78, 5) is -0.339. The standard InChI is InChI=1S/C17H18FNO6S/c1-23-15-5-3-12(18)9-17(15)26(21,22)19-10-13(20)11-2-4-14-16(8-11)25-7-6-24-14/h2-5,8-9,13,19-20H,6-7,10H2,1H3/t13-/m0/s1. The van der Waals surface area contributed by atoms with Crippen LogP contribution in [0.25, 0.3) is 0 Å². The fraction of sp³-hybridized carbons (Fsp3) is 0.294. The molecule has 140 valence electrons. The summed E-state index contributed by atoms with van der Waals surface area (Å²) < 4.78 is 56.3. The molecule has 0 saturated heterocycles. The lowest BCUT2D eigenvalue weighted by molar-refractivity contribution is 0.165. The number of rotatable bonds is 6. The summed E-state index contributed by atoms with van der Waals surface area (Å²) in [6.45, 7) is 0.546. The zero-order chi connectivity index (χ0) is 18.7. The Balaban J connectivity index is 1.74. The molecule has 0 saturated carbocycles. The monoisotopic (exact) mass is 383 g/mol. The van der Waals surface area contributed by atoms with Gasteiger partial charge in [0.15, 0.2) is 11.5 Å². The number of fused-ring (bicyclic) bond motifs is 1. The number of aliphatic hydroxyl groups is 1. The fourth-order valence-corrected chi connectivity index (χ4v) is 3.73. The van der Waals surface area contributed by atoms with Crippen LogP contribution in [0.5, 0.6) is 17.2 Å². The molecule has 2 aromatic rings. The van der Waals surface area contributed by atoms with Gasteiger partial charge in [-0.05, 0) is 35.9 Å². The Hall–Kier alpha value is -2.36. The molecular formula is C17H18FNO6S. The number of halogens is 1. The molecule has 9 heteroatoms. The maximum atomic E-state index is 13.4. The fourth-order valence-electron chi connectivity index (χ4n) is 2.51. The van der Waals surface area contributed by atoms with Crippen LogP contribution in [0.15, 0.2) is 41.3 Å². The van der Waals surface area contributed by atoms with Gasteiger partial charge < -0.3 is 19.3 Å². The number of methoxy groups -OCH3 is 1. The normalized spacial score (nSPS) is 14.7. The van der Waals surface area contributed by atoms with Crippen LogP contribution in [0.4, 0.5) is 4.39 Å². The second kappa shape index (κ2) is 7.48. The Morgan fingerprint density at radius 1 is 1.19 bits per heavy atom. The molecule has 0 spiro atoms. The molecule has 0 amide bonds. The van der Waals surface area contributed by atoms with Crippen molar-refractivity contribution in [2.75, 3.05) is 26.9 Å². The molecule has 7 nitrogen and oxygen atoms in total. The van der Waals surface area contributed by atoms with E-state index in [9.17, 15) is 17.9 Å². The van der Waals surface area contributed by atoms with Crippen molar-refractivity contribution in [1.29, 1.82) is 0 Å². The molecule has 1 aliphatic rings. The zero-order valence-electron chi connectivity index (χ0n) is 13.9. The molecule has 0 bridgehead atoms. The number of hydrogen-bond acceptors (Lipinski definition) is 6. The molecule has 0 aromatic heterocycles. The van der Waals surface area contributed by atoms with Gasteiger partial charge in [0.05, 0.1) is 13.2 Å². The highest BCUT2D eigenvalue weighted by molar-refractivity contribution is 7.89. The van der Waals surface area contributed by atoms with E-state index in [0.29, 0.717) is 30.3 Å². The van der Waals surface area contributed by atoms with E-state index in [-0.39, 0.29) is 17.2 Å². The summed E-state index contributed by atoms with van der Waals surface area (Å²) in [6, 6.07) is 8.04. The van der Waals surface area contributed by atoms with Crippen LogP contribution in [0.1, 0.15) is 11.7 Å². The van der Waals surface area contributed by atoms with E-state index < -0.39 is 21.9 Å². The number of nitrogens with one attached hydrogen (secondary N) is 1. The van der Waals surface area contributed by atoms with Crippen molar-refractivity contribution >= 4 is 10.0 Å². The van der Waals surface area contributed by atoms with Gasteiger partial charge in [-0.1, -0.05) is 6.07 Å². The SMILES string of the molecule is COc1ccc(F)cc1S(=O)(=O)NC[C@H](O)c1ccc2c(c1)OCCO2. The van der Waals surface area contributed by atoms with E-state index in [0.717, 1.165) is 12.1 Å².